The van der Waals surface area contributed by atoms with Gasteiger partial charge in [-0.1, -0.05) is 25.1 Å². The molecule has 0 radical (unpaired) electrons. The molecular formula is C19H25N3O. The van der Waals surface area contributed by atoms with Gasteiger partial charge in [0, 0.05) is 13.1 Å². The number of hydrogen-bond acceptors (Lipinski definition) is 2. The van der Waals surface area contributed by atoms with Gasteiger partial charge in [-0.25, -0.2) is 4.68 Å². The van der Waals surface area contributed by atoms with Crippen LogP contribution in [0.3, 0.4) is 0 Å². The Morgan fingerprint density at radius 3 is 2.48 bits per heavy atom. The van der Waals surface area contributed by atoms with Crippen LogP contribution < -0.4 is 0 Å². The number of benzene rings is 1. The van der Waals surface area contributed by atoms with Crippen molar-refractivity contribution in [1.29, 1.82) is 0 Å². The topological polar surface area (TPSA) is 38.1 Å². The molecule has 1 aromatic carbocycles. The minimum absolute atomic E-state index is 0.0873. The lowest BCUT2D eigenvalue weighted by Gasteiger charge is -2.33. The van der Waals surface area contributed by atoms with Crippen LogP contribution in [0.4, 0.5) is 0 Å². The normalized spacial score (nSPS) is 21.2. The number of amides is 1. The van der Waals surface area contributed by atoms with Gasteiger partial charge in [0.05, 0.1) is 23.1 Å². The monoisotopic (exact) mass is 311 g/mol. The summed E-state index contributed by atoms with van der Waals surface area (Å²) in [5, 5.41) is 4.42. The smallest absolute Gasteiger partial charge is 0.257 e. The fraction of sp³-hybridized carbons (Fsp3) is 0.474. The second kappa shape index (κ2) is 6.57. The van der Waals surface area contributed by atoms with Crippen molar-refractivity contribution in [2.24, 2.45) is 5.92 Å². The maximum Gasteiger partial charge on any atom is 0.257 e. The molecule has 0 atom stereocenters. The first-order chi connectivity index (χ1) is 11.1. The first-order valence-corrected chi connectivity index (χ1v) is 8.45. The van der Waals surface area contributed by atoms with Crippen LogP contribution in [0.1, 0.15) is 48.7 Å². The predicted molar refractivity (Wildman–Crippen MR) is 91.8 cm³/mol. The summed E-state index contributed by atoms with van der Waals surface area (Å²) in [6.07, 6.45) is 6.34. The van der Waals surface area contributed by atoms with Crippen molar-refractivity contribution in [2.45, 2.75) is 45.6 Å². The lowest BCUT2D eigenvalue weighted by atomic mass is 9.86. The summed E-state index contributed by atoms with van der Waals surface area (Å²) >= 11 is 0. The SMILES string of the molecule is Cc1c(C(=O)N(C)C2CCC(C)CC2)cnn1-c1ccccc1. The molecule has 23 heavy (non-hydrogen) atoms. The standard InChI is InChI=1S/C19H25N3O/c1-14-9-11-16(12-10-14)21(3)19(23)18-13-20-22(15(18)2)17-7-5-4-6-8-17/h4-8,13-14,16H,9-12H2,1-3H3. The highest BCUT2D eigenvalue weighted by Gasteiger charge is 2.27. The van der Waals surface area contributed by atoms with Gasteiger partial charge in [0.2, 0.25) is 0 Å². The van der Waals surface area contributed by atoms with Crippen LogP contribution in [-0.4, -0.2) is 33.7 Å². The molecule has 0 saturated heterocycles. The van der Waals surface area contributed by atoms with Gasteiger partial charge in [0.15, 0.2) is 0 Å². The van der Waals surface area contributed by atoms with E-state index in [1.54, 1.807) is 6.20 Å². The molecule has 1 aromatic heterocycles. The molecule has 1 aliphatic carbocycles. The maximum absolute atomic E-state index is 12.9. The molecule has 0 unspecified atom stereocenters. The van der Waals surface area contributed by atoms with Crippen molar-refractivity contribution >= 4 is 5.91 Å². The van der Waals surface area contributed by atoms with Crippen LogP contribution in [0.2, 0.25) is 0 Å². The van der Waals surface area contributed by atoms with Crippen LogP contribution in [0, 0.1) is 12.8 Å². The molecule has 1 fully saturated rings. The number of carbonyl (C=O) groups excluding carboxylic acids is 1. The lowest BCUT2D eigenvalue weighted by Crippen LogP contribution is -2.39. The molecule has 0 spiro atoms. The molecule has 0 aliphatic heterocycles. The average molecular weight is 311 g/mol. The Labute approximate surface area is 138 Å². The highest BCUT2D eigenvalue weighted by molar-refractivity contribution is 5.95. The van der Waals surface area contributed by atoms with Gasteiger partial charge in [-0.05, 0) is 50.7 Å². The molecule has 3 rings (SSSR count). The van der Waals surface area contributed by atoms with Crippen molar-refractivity contribution in [1.82, 2.24) is 14.7 Å². The second-order valence-electron chi connectivity index (χ2n) is 6.72. The molecule has 1 aliphatic rings. The minimum Gasteiger partial charge on any atom is -0.339 e. The van der Waals surface area contributed by atoms with E-state index >= 15 is 0 Å². The van der Waals surface area contributed by atoms with Crippen LogP contribution in [0.15, 0.2) is 36.5 Å². The summed E-state index contributed by atoms with van der Waals surface area (Å²) in [5.41, 5.74) is 2.59. The molecule has 1 heterocycles. The van der Waals surface area contributed by atoms with Crippen molar-refractivity contribution in [3.8, 4) is 5.69 Å². The van der Waals surface area contributed by atoms with E-state index in [0.29, 0.717) is 11.6 Å². The number of hydrogen-bond donors (Lipinski definition) is 0. The number of nitrogens with zero attached hydrogens (tertiary/aromatic N) is 3. The van der Waals surface area contributed by atoms with Gasteiger partial charge in [-0.15, -0.1) is 0 Å². The molecule has 4 nitrogen and oxygen atoms in total. The van der Waals surface area contributed by atoms with E-state index < -0.39 is 0 Å². The Bertz CT molecular complexity index is 669. The van der Waals surface area contributed by atoms with Crippen LogP contribution in [0.25, 0.3) is 5.69 Å². The van der Waals surface area contributed by atoms with Gasteiger partial charge < -0.3 is 4.90 Å². The fourth-order valence-corrected chi connectivity index (χ4v) is 3.43. The molecule has 1 amide bonds. The molecule has 1 saturated carbocycles. The van der Waals surface area contributed by atoms with Gasteiger partial charge >= 0.3 is 0 Å². The number of aromatic nitrogens is 2. The van der Waals surface area contributed by atoms with Crippen molar-refractivity contribution in [2.75, 3.05) is 7.05 Å². The van der Waals surface area contributed by atoms with E-state index in [9.17, 15) is 4.79 Å². The van der Waals surface area contributed by atoms with E-state index in [1.165, 1.54) is 12.8 Å². The van der Waals surface area contributed by atoms with Gasteiger partial charge in [-0.3, -0.25) is 4.79 Å². The summed E-state index contributed by atoms with van der Waals surface area (Å²) in [6.45, 7) is 4.26. The highest BCUT2D eigenvalue weighted by Crippen LogP contribution is 2.27. The van der Waals surface area contributed by atoms with Crippen molar-refractivity contribution in [3.63, 3.8) is 0 Å². The number of para-hydroxylation sites is 1. The van der Waals surface area contributed by atoms with Crippen LogP contribution >= 0.6 is 0 Å². The summed E-state index contributed by atoms with van der Waals surface area (Å²) in [6, 6.07) is 10.3. The van der Waals surface area contributed by atoms with E-state index in [4.69, 9.17) is 0 Å². The third-order valence-electron chi connectivity index (χ3n) is 5.09. The Balaban J connectivity index is 1.79. The average Bonchev–Trinajstić information content (AvgIpc) is 2.96. The Hall–Kier alpha value is -2.10. The zero-order valence-electron chi connectivity index (χ0n) is 14.2. The van der Waals surface area contributed by atoms with E-state index in [1.807, 2.05) is 53.9 Å². The van der Waals surface area contributed by atoms with E-state index in [2.05, 4.69) is 12.0 Å². The fourth-order valence-electron chi connectivity index (χ4n) is 3.43. The van der Waals surface area contributed by atoms with Crippen molar-refractivity contribution in [3.05, 3.63) is 47.8 Å². The summed E-state index contributed by atoms with van der Waals surface area (Å²) in [5.74, 6) is 0.876. The third-order valence-corrected chi connectivity index (χ3v) is 5.09. The lowest BCUT2D eigenvalue weighted by molar-refractivity contribution is 0.0679. The summed E-state index contributed by atoms with van der Waals surface area (Å²) in [4.78, 5) is 14.8. The maximum atomic E-state index is 12.9. The molecule has 0 N–H and O–H groups in total. The quantitative estimate of drug-likeness (QED) is 0.864. The third kappa shape index (κ3) is 3.16. The zero-order valence-corrected chi connectivity index (χ0v) is 14.2. The van der Waals surface area contributed by atoms with Crippen LogP contribution in [-0.2, 0) is 0 Å². The largest absolute Gasteiger partial charge is 0.339 e. The first kappa shape index (κ1) is 15.8. The predicted octanol–water partition coefficient (Wildman–Crippen LogP) is 3.83. The van der Waals surface area contributed by atoms with Gasteiger partial charge in [0.1, 0.15) is 0 Å². The second-order valence-corrected chi connectivity index (χ2v) is 6.72. The number of rotatable bonds is 3. The highest BCUT2D eigenvalue weighted by atomic mass is 16.2. The molecular weight excluding hydrogens is 286 g/mol. The summed E-state index contributed by atoms with van der Waals surface area (Å²) < 4.78 is 1.84. The molecule has 4 heteroatoms. The molecule has 122 valence electrons. The minimum atomic E-state index is 0.0873. The number of carbonyl (C=O) groups is 1. The Morgan fingerprint density at radius 1 is 1.17 bits per heavy atom. The molecule has 0 bridgehead atoms. The van der Waals surface area contributed by atoms with Crippen molar-refractivity contribution < 1.29 is 4.79 Å². The first-order valence-electron chi connectivity index (χ1n) is 8.45. The summed E-state index contributed by atoms with van der Waals surface area (Å²) in [7, 11) is 1.93. The molecule has 2 aromatic rings. The van der Waals surface area contributed by atoms with E-state index in [0.717, 1.165) is 30.1 Å². The van der Waals surface area contributed by atoms with Crippen LogP contribution in [0.5, 0.6) is 0 Å². The zero-order chi connectivity index (χ0) is 16.4. The van der Waals surface area contributed by atoms with Gasteiger partial charge in [-0.2, -0.15) is 5.10 Å². The van der Waals surface area contributed by atoms with Gasteiger partial charge in [0.25, 0.3) is 5.91 Å². The Morgan fingerprint density at radius 2 is 1.83 bits per heavy atom. The van der Waals surface area contributed by atoms with E-state index in [-0.39, 0.29) is 5.91 Å². The Kier molecular flexibility index (Phi) is 4.51.